The van der Waals surface area contributed by atoms with E-state index in [-0.39, 0.29) is 0 Å². The van der Waals surface area contributed by atoms with Crippen LogP contribution in [0, 0.1) is 0 Å². The average Bonchev–Trinajstić information content (AvgIpc) is 2.83. The molecule has 0 saturated heterocycles. The molecule has 0 bridgehead atoms. The van der Waals surface area contributed by atoms with E-state index >= 15 is 0 Å². The van der Waals surface area contributed by atoms with Gasteiger partial charge in [0.25, 0.3) is 0 Å². The predicted molar refractivity (Wildman–Crippen MR) is 88.4 cm³/mol. The zero-order chi connectivity index (χ0) is 14.1. The first-order valence-corrected chi connectivity index (χ1v) is 8.47. The van der Waals surface area contributed by atoms with Gasteiger partial charge in [0, 0.05) is 10.4 Å². The van der Waals surface area contributed by atoms with E-state index in [0.717, 1.165) is 38.7 Å². The number of fused-ring (bicyclic) bond motifs is 1. The van der Waals surface area contributed by atoms with E-state index in [1.54, 1.807) is 23.1 Å². The normalized spacial score (nSPS) is 11.1. The van der Waals surface area contributed by atoms with Gasteiger partial charge in [0.15, 0.2) is 5.82 Å². The van der Waals surface area contributed by atoms with Crippen molar-refractivity contribution < 1.29 is 0 Å². The van der Waals surface area contributed by atoms with Crippen LogP contribution in [0.4, 0.5) is 5.69 Å². The van der Waals surface area contributed by atoms with Gasteiger partial charge < -0.3 is 5.73 Å². The number of nitrogens with two attached hydrogens (primary N) is 1. The molecule has 0 fully saturated rings. The number of hydrogen-bond donors (Lipinski definition) is 1. The summed E-state index contributed by atoms with van der Waals surface area (Å²) in [5, 5.41) is 1.97. The van der Waals surface area contributed by atoms with Crippen LogP contribution < -0.4 is 5.73 Å². The Morgan fingerprint density at radius 1 is 1.20 bits per heavy atom. The van der Waals surface area contributed by atoms with E-state index in [0.29, 0.717) is 0 Å². The molecule has 0 atom stereocenters. The highest BCUT2D eigenvalue weighted by Gasteiger charge is 2.16. The lowest BCUT2D eigenvalue weighted by Gasteiger charge is -2.04. The van der Waals surface area contributed by atoms with Gasteiger partial charge in [-0.25, -0.2) is 9.97 Å². The van der Waals surface area contributed by atoms with Crippen molar-refractivity contribution >= 4 is 39.0 Å². The molecule has 0 spiro atoms. The third-order valence-corrected chi connectivity index (χ3v) is 5.10. The summed E-state index contributed by atoms with van der Waals surface area (Å²) in [5.74, 6) is 0.770. The number of rotatable bonds is 3. The highest BCUT2D eigenvalue weighted by atomic mass is 32.2. The van der Waals surface area contributed by atoms with Gasteiger partial charge in [-0.05, 0) is 12.7 Å². The molecule has 2 heterocycles. The summed E-state index contributed by atoms with van der Waals surface area (Å²) in [4.78, 5) is 11.5. The Balaban J connectivity index is 2.27. The summed E-state index contributed by atoms with van der Waals surface area (Å²) in [6.45, 7) is 2.12. The lowest BCUT2D eigenvalue weighted by molar-refractivity contribution is 1.12. The standard InChI is InChI=1S/C15H15N3S2/c1-3-10-12(16)11-14(19-2)17-13(18-15(11)20-10)9-7-5-4-6-8-9/h4-8H,3,16H2,1-2H3. The summed E-state index contributed by atoms with van der Waals surface area (Å²) in [5.41, 5.74) is 8.11. The highest BCUT2D eigenvalue weighted by Crippen LogP contribution is 2.38. The summed E-state index contributed by atoms with van der Waals surface area (Å²) in [6, 6.07) is 10.1. The molecular weight excluding hydrogens is 286 g/mol. The maximum atomic E-state index is 6.23. The van der Waals surface area contributed by atoms with Crippen molar-refractivity contribution in [2.24, 2.45) is 0 Å². The Morgan fingerprint density at radius 3 is 2.60 bits per heavy atom. The SMILES string of the molecule is CCc1sc2nc(-c3ccccc3)nc(SC)c2c1N. The minimum Gasteiger partial charge on any atom is -0.397 e. The van der Waals surface area contributed by atoms with E-state index in [2.05, 4.69) is 11.9 Å². The van der Waals surface area contributed by atoms with E-state index < -0.39 is 0 Å². The summed E-state index contributed by atoms with van der Waals surface area (Å²) in [6.07, 6.45) is 2.96. The molecule has 3 aromatic rings. The van der Waals surface area contributed by atoms with E-state index in [4.69, 9.17) is 10.7 Å². The van der Waals surface area contributed by atoms with Crippen molar-refractivity contribution in [3.63, 3.8) is 0 Å². The van der Waals surface area contributed by atoms with Gasteiger partial charge in [-0.1, -0.05) is 37.3 Å². The van der Waals surface area contributed by atoms with Gasteiger partial charge in [0.2, 0.25) is 0 Å². The van der Waals surface area contributed by atoms with Crippen molar-refractivity contribution in [1.82, 2.24) is 9.97 Å². The van der Waals surface area contributed by atoms with Crippen LogP contribution in [0.1, 0.15) is 11.8 Å². The first-order chi connectivity index (χ1) is 9.74. The molecule has 0 radical (unpaired) electrons. The zero-order valence-corrected chi connectivity index (χ0v) is 13.0. The number of benzene rings is 1. The second-order valence-electron chi connectivity index (χ2n) is 4.40. The van der Waals surface area contributed by atoms with Crippen molar-refractivity contribution in [2.75, 3.05) is 12.0 Å². The molecular formula is C15H15N3S2. The van der Waals surface area contributed by atoms with Crippen LogP contribution in [0.15, 0.2) is 35.4 Å². The monoisotopic (exact) mass is 301 g/mol. The lowest BCUT2D eigenvalue weighted by atomic mass is 10.2. The molecule has 2 N–H and O–H groups in total. The van der Waals surface area contributed by atoms with Crippen molar-refractivity contribution in [3.05, 3.63) is 35.2 Å². The van der Waals surface area contributed by atoms with Crippen LogP contribution in [0.3, 0.4) is 0 Å². The Bertz CT molecular complexity index is 751. The molecule has 1 aromatic carbocycles. The molecule has 0 aliphatic rings. The van der Waals surface area contributed by atoms with Gasteiger partial charge in [0.1, 0.15) is 9.86 Å². The molecule has 0 aliphatic carbocycles. The molecule has 3 rings (SSSR count). The van der Waals surface area contributed by atoms with Crippen molar-refractivity contribution in [3.8, 4) is 11.4 Å². The molecule has 20 heavy (non-hydrogen) atoms. The van der Waals surface area contributed by atoms with Crippen LogP contribution in [-0.2, 0) is 6.42 Å². The minimum atomic E-state index is 0.770. The van der Waals surface area contributed by atoms with Gasteiger partial charge in [0.05, 0.1) is 11.1 Å². The van der Waals surface area contributed by atoms with Crippen LogP contribution >= 0.6 is 23.1 Å². The summed E-state index contributed by atoms with van der Waals surface area (Å²) >= 11 is 3.29. The largest absolute Gasteiger partial charge is 0.397 e. The number of aryl methyl sites for hydroxylation is 1. The average molecular weight is 301 g/mol. The predicted octanol–water partition coefficient (Wildman–Crippen LogP) is 4.22. The second kappa shape index (κ2) is 5.42. The number of nitrogen functional groups attached to an aromatic ring is 1. The smallest absolute Gasteiger partial charge is 0.162 e. The van der Waals surface area contributed by atoms with Crippen LogP contribution in [0.5, 0.6) is 0 Å². The molecule has 0 aliphatic heterocycles. The van der Waals surface area contributed by atoms with Crippen LogP contribution in [0.25, 0.3) is 21.6 Å². The number of anilines is 1. The first-order valence-electron chi connectivity index (χ1n) is 6.43. The zero-order valence-electron chi connectivity index (χ0n) is 11.4. The summed E-state index contributed by atoms with van der Waals surface area (Å²) in [7, 11) is 0. The molecule has 0 amide bonds. The lowest BCUT2D eigenvalue weighted by Crippen LogP contribution is -1.94. The van der Waals surface area contributed by atoms with Crippen LogP contribution in [-0.4, -0.2) is 16.2 Å². The molecule has 2 aromatic heterocycles. The fourth-order valence-corrected chi connectivity index (χ4v) is 3.85. The van der Waals surface area contributed by atoms with E-state index in [1.807, 2.05) is 36.6 Å². The third kappa shape index (κ3) is 2.17. The maximum Gasteiger partial charge on any atom is 0.162 e. The molecule has 102 valence electrons. The van der Waals surface area contributed by atoms with Gasteiger partial charge in [-0.3, -0.25) is 0 Å². The van der Waals surface area contributed by atoms with Gasteiger partial charge in [-0.2, -0.15) is 0 Å². The highest BCUT2D eigenvalue weighted by molar-refractivity contribution is 7.98. The second-order valence-corrected chi connectivity index (χ2v) is 6.27. The molecule has 0 saturated carbocycles. The number of thiophene rings is 1. The fraction of sp³-hybridized carbons (Fsp3) is 0.200. The Morgan fingerprint density at radius 2 is 1.95 bits per heavy atom. The van der Waals surface area contributed by atoms with Gasteiger partial charge >= 0.3 is 0 Å². The first kappa shape index (κ1) is 13.4. The molecule has 5 heteroatoms. The minimum absolute atomic E-state index is 0.770. The number of thioether (sulfide) groups is 1. The number of hydrogen-bond acceptors (Lipinski definition) is 5. The molecule has 3 nitrogen and oxygen atoms in total. The van der Waals surface area contributed by atoms with E-state index in [1.165, 1.54) is 4.88 Å². The van der Waals surface area contributed by atoms with Crippen molar-refractivity contribution in [1.29, 1.82) is 0 Å². The van der Waals surface area contributed by atoms with Gasteiger partial charge in [-0.15, -0.1) is 23.1 Å². The Hall–Kier alpha value is -1.59. The quantitative estimate of drug-likeness (QED) is 0.581. The van der Waals surface area contributed by atoms with Crippen LogP contribution in [0.2, 0.25) is 0 Å². The Kier molecular flexibility index (Phi) is 3.63. The fourth-order valence-electron chi connectivity index (χ4n) is 2.16. The Labute approximate surface area is 126 Å². The number of nitrogens with zero attached hydrogens (tertiary/aromatic N) is 2. The topological polar surface area (TPSA) is 51.8 Å². The maximum absolute atomic E-state index is 6.23. The van der Waals surface area contributed by atoms with E-state index in [9.17, 15) is 0 Å². The summed E-state index contributed by atoms with van der Waals surface area (Å²) < 4.78 is 0. The number of aromatic nitrogens is 2. The third-order valence-electron chi connectivity index (χ3n) is 3.18. The molecule has 0 unspecified atom stereocenters. The van der Waals surface area contributed by atoms with Crippen molar-refractivity contribution in [2.45, 2.75) is 18.4 Å².